The molecule has 4 heteroatoms. The van der Waals surface area contributed by atoms with E-state index in [4.69, 9.17) is 6.42 Å². The van der Waals surface area contributed by atoms with Crippen LogP contribution in [0.5, 0.6) is 0 Å². The zero-order chi connectivity index (χ0) is 12.2. The fourth-order valence-electron chi connectivity index (χ4n) is 1.21. The SMILES string of the molecule is C#CC[N+](C)(C)NC(=O)c1ccc(Br)cc1. The minimum Gasteiger partial charge on any atom is -0.264 e. The lowest BCUT2D eigenvalue weighted by Gasteiger charge is -2.26. The van der Waals surface area contributed by atoms with Crippen LogP contribution in [0.25, 0.3) is 0 Å². The Kier molecular flexibility index (Phi) is 4.11. The van der Waals surface area contributed by atoms with Gasteiger partial charge in [0.25, 0.3) is 5.91 Å². The van der Waals surface area contributed by atoms with Crippen molar-refractivity contribution in [3.63, 3.8) is 0 Å². The summed E-state index contributed by atoms with van der Waals surface area (Å²) in [6.45, 7) is 0.447. The van der Waals surface area contributed by atoms with Gasteiger partial charge in [0.15, 0.2) is 6.54 Å². The van der Waals surface area contributed by atoms with Gasteiger partial charge in [-0.05, 0) is 30.2 Å². The molecule has 0 atom stereocenters. The molecule has 0 fully saturated rings. The number of halogens is 1. The van der Waals surface area contributed by atoms with Crippen LogP contribution in [-0.4, -0.2) is 31.1 Å². The van der Waals surface area contributed by atoms with E-state index in [1.165, 1.54) is 0 Å². The van der Waals surface area contributed by atoms with Crippen LogP contribution < -0.4 is 5.43 Å². The van der Waals surface area contributed by atoms with Gasteiger partial charge in [-0.15, -0.1) is 6.42 Å². The molecule has 0 radical (unpaired) electrons. The lowest BCUT2D eigenvalue weighted by molar-refractivity contribution is -0.917. The molecule has 1 aromatic rings. The molecule has 0 aliphatic carbocycles. The number of amides is 1. The summed E-state index contributed by atoms with van der Waals surface area (Å²) >= 11 is 3.32. The van der Waals surface area contributed by atoms with Crippen molar-refractivity contribution in [2.75, 3.05) is 20.6 Å². The number of hydrogen-bond acceptors (Lipinski definition) is 1. The smallest absolute Gasteiger partial charge is 0.264 e. The molecule has 0 saturated heterocycles. The molecule has 1 N–H and O–H groups in total. The highest BCUT2D eigenvalue weighted by Gasteiger charge is 2.18. The molecule has 1 amide bonds. The van der Waals surface area contributed by atoms with Crippen LogP contribution in [0.3, 0.4) is 0 Å². The number of nitrogens with one attached hydrogen (secondary N) is 1. The number of hydrogen-bond donors (Lipinski definition) is 1. The summed E-state index contributed by atoms with van der Waals surface area (Å²) < 4.78 is 1.22. The largest absolute Gasteiger partial charge is 0.295 e. The van der Waals surface area contributed by atoms with Crippen LogP contribution in [-0.2, 0) is 0 Å². The first kappa shape index (κ1) is 12.8. The minimum atomic E-state index is -0.132. The topological polar surface area (TPSA) is 29.1 Å². The van der Waals surface area contributed by atoms with Crippen molar-refractivity contribution in [3.05, 3.63) is 34.3 Å². The van der Waals surface area contributed by atoms with Crippen LogP contribution in [0.4, 0.5) is 0 Å². The van der Waals surface area contributed by atoms with Crippen LogP contribution in [0.1, 0.15) is 10.4 Å². The van der Waals surface area contributed by atoms with Gasteiger partial charge < -0.3 is 0 Å². The normalized spacial score (nSPS) is 10.6. The van der Waals surface area contributed by atoms with Crippen molar-refractivity contribution in [2.45, 2.75) is 0 Å². The van der Waals surface area contributed by atoms with E-state index in [2.05, 4.69) is 27.3 Å². The fourth-order valence-corrected chi connectivity index (χ4v) is 1.47. The average Bonchev–Trinajstić information content (AvgIpc) is 2.17. The van der Waals surface area contributed by atoms with E-state index < -0.39 is 0 Å². The number of carbonyl (C=O) groups is 1. The molecule has 0 aliphatic rings. The lowest BCUT2D eigenvalue weighted by Crippen LogP contribution is -2.54. The zero-order valence-corrected chi connectivity index (χ0v) is 10.9. The van der Waals surface area contributed by atoms with E-state index >= 15 is 0 Å². The predicted octanol–water partition coefficient (Wildman–Crippen LogP) is 1.80. The summed E-state index contributed by atoms with van der Waals surface area (Å²) in [5.74, 6) is 2.39. The second-order valence-corrected chi connectivity index (χ2v) is 4.91. The van der Waals surface area contributed by atoms with E-state index in [0.717, 1.165) is 4.47 Å². The van der Waals surface area contributed by atoms with Gasteiger partial charge in [0.1, 0.15) is 0 Å². The highest BCUT2D eigenvalue weighted by Crippen LogP contribution is 2.10. The monoisotopic (exact) mass is 281 g/mol. The molecule has 0 aromatic heterocycles. The molecule has 0 unspecified atom stereocenters. The molecule has 1 rings (SSSR count). The van der Waals surface area contributed by atoms with Crippen LogP contribution in [0.15, 0.2) is 28.7 Å². The maximum Gasteiger partial charge on any atom is 0.295 e. The first-order chi connectivity index (χ1) is 7.44. The Labute approximate surface area is 104 Å². The number of benzene rings is 1. The Balaban J connectivity index is 2.73. The van der Waals surface area contributed by atoms with Crippen molar-refractivity contribution in [2.24, 2.45) is 0 Å². The summed E-state index contributed by atoms with van der Waals surface area (Å²) in [6.07, 6.45) is 5.23. The predicted molar refractivity (Wildman–Crippen MR) is 67.4 cm³/mol. The van der Waals surface area contributed by atoms with Gasteiger partial charge in [0.2, 0.25) is 0 Å². The van der Waals surface area contributed by atoms with Crippen molar-refractivity contribution in [1.29, 1.82) is 0 Å². The number of terminal acetylenes is 1. The number of carbonyl (C=O) groups excluding carboxylic acids is 1. The van der Waals surface area contributed by atoms with Gasteiger partial charge in [-0.2, -0.15) is 5.43 Å². The highest BCUT2D eigenvalue weighted by molar-refractivity contribution is 9.10. The van der Waals surface area contributed by atoms with Crippen LogP contribution >= 0.6 is 15.9 Å². The summed E-state index contributed by atoms with van der Waals surface area (Å²) in [5, 5.41) is 0. The molecular formula is C12H14BrN2O+. The first-order valence-corrected chi connectivity index (χ1v) is 5.58. The number of rotatable bonds is 3. The van der Waals surface area contributed by atoms with Gasteiger partial charge in [-0.1, -0.05) is 15.9 Å². The molecule has 84 valence electrons. The third-order valence-corrected chi connectivity index (χ3v) is 2.53. The van der Waals surface area contributed by atoms with Crippen molar-refractivity contribution in [3.8, 4) is 12.3 Å². The molecule has 0 spiro atoms. The quantitative estimate of drug-likeness (QED) is 0.511. The molecule has 16 heavy (non-hydrogen) atoms. The summed E-state index contributed by atoms with van der Waals surface area (Å²) in [5.41, 5.74) is 3.45. The molecule has 0 saturated carbocycles. The van der Waals surface area contributed by atoms with Crippen LogP contribution in [0.2, 0.25) is 0 Å². The Morgan fingerprint density at radius 1 is 1.44 bits per heavy atom. The van der Waals surface area contributed by atoms with Crippen molar-refractivity contribution >= 4 is 21.8 Å². The van der Waals surface area contributed by atoms with Gasteiger partial charge in [-0.3, -0.25) is 4.79 Å². The van der Waals surface area contributed by atoms with Crippen molar-refractivity contribution < 1.29 is 9.39 Å². The fraction of sp³-hybridized carbons (Fsp3) is 0.250. The second-order valence-electron chi connectivity index (χ2n) is 4.00. The van der Waals surface area contributed by atoms with E-state index in [1.807, 2.05) is 26.2 Å². The molecule has 0 bridgehead atoms. The third-order valence-electron chi connectivity index (χ3n) is 2.00. The molecule has 1 aromatic carbocycles. The van der Waals surface area contributed by atoms with Gasteiger partial charge in [0, 0.05) is 10.0 Å². The molecule has 3 nitrogen and oxygen atoms in total. The standard InChI is InChI=1S/C12H13BrN2O/c1-4-9-15(2,3)14-12(16)10-5-7-11(13)8-6-10/h1,5-8H,9H2,2-3H3/p+1. The van der Waals surface area contributed by atoms with E-state index in [1.54, 1.807) is 12.1 Å². The highest BCUT2D eigenvalue weighted by atomic mass is 79.9. The minimum absolute atomic E-state index is 0.132. The Morgan fingerprint density at radius 2 is 2.00 bits per heavy atom. The Morgan fingerprint density at radius 3 is 2.50 bits per heavy atom. The maximum absolute atomic E-state index is 11.8. The first-order valence-electron chi connectivity index (χ1n) is 4.79. The summed E-state index contributed by atoms with van der Waals surface area (Å²) in [7, 11) is 3.69. The zero-order valence-electron chi connectivity index (χ0n) is 9.33. The molecular weight excluding hydrogens is 268 g/mol. The van der Waals surface area contributed by atoms with Gasteiger partial charge >= 0.3 is 0 Å². The van der Waals surface area contributed by atoms with Gasteiger partial charge in [0.05, 0.1) is 14.1 Å². The number of quaternary nitrogens is 1. The molecule has 0 aliphatic heterocycles. The van der Waals surface area contributed by atoms with E-state index in [-0.39, 0.29) is 10.5 Å². The van der Waals surface area contributed by atoms with E-state index in [0.29, 0.717) is 12.1 Å². The Hall–Kier alpha value is -1.31. The second kappa shape index (κ2) is 5.15. The van der Waals surface area contributed by atoms with Crippen LogP contribution in [0, 0.1) is 12.3 Å². The van der Waals surface area contributed by atoms with Gasteiger partial charge in [-0.25, -0.2) is 4.59 Å². The lowest BCUT2D eigenvalue weighted by atomic mass is 10.2. The summed E-state index contributed by atoms with van der Waals surface area (Å²) in [6, 6.07) is 7.18. The molecule has 0 heterocycles. The summed E-state index contributed by atoms with van der Waals surface area (Å²) in [4.78, 5) is 11.8. The maximum atomic E-state index is 11.8. The Bertz CT molecular complexity index is 418. The van der Waals surface area contributed by atoms with Crippen molar-refractivity contribution in [1.82, 2.24) is 5.43 Å². The third kappa shape index (κ3) is 3.69. The average molecular weight is 282 g/mol. The number of nitrogens with zero attached hydrogens (tertiary/aromatic N) is 1. The van der Waals surface area contributed by atoms with E-state index in [9.17, 15) is 4.79 Å².